The minimum atomic E-state index is -0.763. The summed E-state index contributed by atoms with van der Waals surface area (Å²) in [6.45, 7) is 7.09. The van der Waals surface area contributed by atoms with Crippen molar-refractivity contribution >= 4 is 29.2 Å². The van der Waals surface area contributed by atoms with Crippen molar-refractivity contribution in [3.05, 3.63) is 33.8 Å². The van der Waals surface area contributed by atoms with Crippen molar-refractivity contribution in [1.82, 2.24) is 9.80 Å². The molecule has 0 aliphatic carbocycles. The summed E-state index contributed by atoms with van der Waals surface area (Å²) in [5, 5.41) is 10.2. The fourth-order valence-corrected chi connectivity index (χ4v) is 2.96. The van der Waals surface area contributed by atoms with E-state index in [1.165, 1.54) is 0 Å². The maximum absolute atomic E-state index is 11.0. The SMILES string of the molecule is CC(C(=O)O)N1CCN(C(C)c2ccc(Cl)c(Cl)c2)CC1. The number of hydrogen-bond acceptors (Lipinski definition) is 3. The first-order valence-electron chi connectivity index (χ1n) is 7.06. The molecule has 1 aliphatic heterocycles. The third-order valence-electron chi connectivity index (χ3n) is 4.23. The van der Waals surface area contributed by atoms with Crippen LogP contribution in [0.15, 0.2) is 18.2 Å². The second-order valence-electron chi connectivity index (χ2n) is 5.44. The van der Waals surface area contributed by atoms with Crippen LogP contribution in [0.4, 0.5) is 0 Å². The Hall–Kier alpha value is -0.810. The van der Waals surface area contributed by atoms with E-state index in [-0.39, 0.29) is 6.04 Å². The Morgan fingerprint density at radius 1 is 1.10 bits per heavy atom. The van der Waals surface area contributed by atoms with Crippen molar-refractivity contribution in [2.75, 3.05) is 26.2 Å². The van der Waals surface area contributed by atoms with Gasteiger partial charge >= 0.3 is 5.97 Å². The van der Waals surface area contributed by atoms with Gasteiger partial charge in [-0.15, -0.1) is 0 Å². The van der Waals surface area contributed by atoms with E-state index in [0.29, 0.717) is 10.0 Å². The standard InChI is InChI=1S/C15H20Cl2N2O2/c1-10(12-3-4-13(16)14(17)9-12)18-5-7-19(8-6-18)11(2)15(20)21/h3-4,9-11H,5-8H2,1-2H3,(H,20,21). The van der Waals surface area contributed by atoms with Crippen molar-refractivity contribution in [3.63, 3.8) is 0 Å². The molecule has 0 spiro atoms. The van der Waals surface area contributed by atoms with Gasteiger partial charge in [-0.2, -0.15) is 0 Å². The van der Waals surface area contributed by atoms with Crippen molar-refractivity contribution in [3.8, 4) is 0 Å². The first-order chi connectivity index (χ1) is 9.90. The Kier molecular flexibility index (Phi) is 5.49. The molecule has 21 heavy (non-hydrogen) atoms. The highest BCUT2D eigenvalue weighted by Crippen LogP contribution is 2.28. The number of benzene rings is 1. The normalized spacial score (nSPS) is 20.2. The minimum absolute atomic E-state index is 0.238. The van der Waals surface area contributed by atoms with Crippen LogP contribution in [0.5, 0.6) is 0 Å². The first-order valence-corrected chi connectivity index (χ1v) is 7.81. The van der Waals surface area contributed by atoms with Gasteiger partial charge < -0.3 is 5.11 Å². The van der Waals surface area contributed by atoms with Gasteiger partial charge in [0.05, 0.1) is 10.0 Å². The van der Waals surface area contributed by atoms with Crippen LogP contribution in [-0.2, 0) is 4.79 Å². The molecule has 1 aliphatic rings. The molecule has 0 amide bonds. The number of carboxylic acid groups (broad SMARTS) is 1. The molecule has 1 aromatic rings. The van der Waals surface area contributed by atoms with Crippen LogP contribution in [0.3, 0.4) is 0 Å². The van der Waals surface area contributed by atoms with Crippen molar-refractivity contribution < 1.29 is 9.90 Å². The van der Waals surface area contributed by atoms with Crippen molar-refractivity contribution in [2.45, 2.75) is 25.9 Å². The molecule has 6 heteroatoms. The van der Waals surface area contributed by atoms with Crippen molar-refractivity contribution in [1.29, 1.82) is 0 Å². The quantitative estimate of drug-likeness (QED) is 0.921. The van der Waals surface area contributed by atoms with Crippen LogP contribution in [0, 0.1) is 0 Å². The third-order valence-corrected chi connectivity index (χ3v) is 4.97. The smallest absolute Gasteiger partial charge is 0.320 e. The second-order valence-corrected chi connectivity index (χ2v) is 6.25. The molecule has 4 nitrogen and oxygen atoms in total. The summed E-state index contributed by atoms with van der Waals surface area (Å²) in [7, 11) is 0. The maximum Gasteiger partial charge on any atom is 0.320 e. The predicted octanol–water partition coefficient (Wildman–Crippen LogP) is 3.15. The summed E-state index contributed by atoms with van der Waals surface area (Å²) in [5.74, 6) is -0.763. The zero-order chi connectivity index (χ0) is 15.6. The lowest BCUT2D eigenvalue weighted by molar-refractivity contribution is -0.143. The fourth-order valence-electron chi connectivity index (χ4n) is 2.65. The molecular formula is C15H20Cl2N2O2. The molecule has 0 saturated carbocycles. The van der Waals surface area contributed by atoms with E-state index in [2.05, 4.69) is 11.8 Å². The summed E-state index contributed by atoms with van der Waals surface area (Å²) >= 11 is 12.0. The van der Waals surface area contributed by atoms with E-state index in [1.807, 2.05) is 23.1 Å². The number of carboxylic acids is 1. The highest BCUT2D eigenvalue weighted by atomic mass is 35.5. The molecule has 2 unspecified atom stereocenters. The van der Waals surface area contributed by atoms with E-state index in [0.717, 1.165) is 31.7 Å². The lowest BCUT2D eigenvalue weighted by Crippen LogP contribution is -2.52. The van der Waals surface area contributed by atoms with Gasteiger partial charge in [-0.05, 0) is 31.5 Å². The van der Waals surface area contributed by atoms with Gasteiger partial charge in [0, 0.05) is 32.2 Å². The molecule has 2 atom stereocenters. The van der Waals surface area contributed by atoms with Gasteiger partial charge in [0.1, 0.15) is 6.04 Å². The monoisotopic (exact) mass is 330 g/mol. The molecule has 116 valence electrons. The maximum atomic E-state index is 11.0. The number of aliphatic carboxylic acids is 1. The average molecular weight is 331 g/mol. The number of piperazine rings is 1. The number of hydrogen-bond donors (Lipinski definition) is 1. The predicted molar refractivity (Wildman–Crippen MR) is 85.1 cm³/mol. The van der Waals surface area contributed by atoms with Gasteiger partial charge in [-0.25, -0.2) is 0 Å². The van der Waals surface area contributed by atoms with Crippen LogP contribution in [-0.4, -0.2) is 53.1 Å². The van der Waals surface area contributed by atoms with Crippen LogP contribution in [0.25, 0.3) is 0 Å². The zero-order valence-corrected chi connectivity index (χ0v) is 13.7. The molecule has 1 aromatic carbocycles. The highest BCUT2D eigenvalue weighted by Gasteiger charge is 2.27. The van der Waals surface area contributed by atoms with E-state index >= 15 is 0 Å². The molecule has 1 N–H and O–H groups in total. The van der Waals surface area contributed by atoms with Crippen LogP contribution >= 0.6 is 23.2 Å². The summed E-state index contributed by atoms with van der Waals surface area (Å²) < 4.78 is 0. The molecule has 1 heterocycles. The van der Waals surface area contributed by atoms with Gasteiger partial charge in [0.2, 0.25) is 0 Å². The summed E-state index contributed by atoms with van der Waals surface area (Å²) in [5.41, 5.74) is 1.13. The Labute approximate surface area is 135 Å². The van der Waals surface area contributed by atoms with E-state index < -0.39 is 12.0 Å². The Morgan fingerprint density at radius 2 is 1.67 bits per heavy atom. The highest BCUT2D eigenvalue weighted by molar-refractivity contribution is 6.42. The molecule has 0 radical (unpaired) electrons. The molecular weight excluding hydrogens is 311 g/mol. The number of rotatable bonds is 4. The zero-order valence-electron chi connectivity index (χ0n) is 12.2. The van der Waals surface area contributed by atoms with E-state index in [4.69, 9.17) is 28.3 Å². The number of carbonyl (C=O) groups is 1. The van der Waals surface area contributed by atoms with E-state index in [9.17, 15) is 4.79 Å². The lowest BCUT2D eigenvalue weighted by atomic mass is 10.1. The molecule has 2 rings (SSSR count). The molecule has 0 bridgehead atoms. The number of halogens is 2. The third kappa shape index (κ3) is 3.89. The van der Waals surface area contributed by atoms with Gasteiger partial charge in [-0.1, -0.05) is 29.3 Å². The average Bonchev–Trinajstić information content (AvgIpc) is 2.48. The fraction of sp³-hybridized carbons (Fsp3) is 0.533. The van der Waals surface area contributed by atoms with Gasteiger partial charge in [0.25, 0.3) is 0 Å². The summed E-state index contributed by atoms with van der Waals surface area (Å²) in [4.78, 5) is 15.4. The lowest BCUT2D eigenvalue weighted by Gasteiger charge is -2.39. The largest absolute Gasteiger partial charge is 0.480 e. The van der Waals surface area contributed by atoms with Crippen molar-refractivity contribution in [2.24, 2.45) is 0 Å². The summed E-state index contributed by atoms with van der Waals surface area (Å²) in [6.07, 6.45) is 0. The first kappa shape index (κ1) is 16.6. The second kappa shape index (κ2) is 6.97. The van der Waals surface area contributed by atoms with Crippen LogP contribution in [0.1, 0.15) is 25.5 Å². The molecule has 0 aromatic heterocycles. The Balaban J connectivity index is 1.98. The topological polar surface area (TPSA) is 43.8 Å². The van der Waals surface area contributed by atoms with Gasteiger partial charge in [0.15, 0.2) is 0 Å². The van der Waals surface area contributed by atoms with Gasteiger partial charge in [-0.3, -0.25) is 14.6 Å². The molecule has 1 saturated heterocycles. The molecule has 1 fully saturated rings. The minimum Gasteiger partial charge on any atom is -0.480 e. The number of nitrogens with zero attached hydrogens (tertiary/aromatic N) is 2. The van der Waals surface area contributed by atoms with Crippen LogP contribution in [0.2, 0.25) is 10.0 Å². The summed E-state index contributed by atoms with van der Waals surface area (Å²) in [6, 6.07) is 5.53. The van der Waals surface area contributed by atoms with E-state index in [1.54, 1.807) is 6.92 Å². The Morgan fingerprint density at radius 3 is 2.19 bits per heavy atom. The van der Waals surface area contributed by atoms with Crippen LogP contribution < -0.4 is 0 Å². The Bertz CT molecular complexity index is 516.